The predicted octanol–water partition coefficient (Wildman–Crippen LogP) is 2.41. The van der Waals surface area contributed by atoms with Crippen LogP contribution in [0.2, 0.25) is 0 Å². The molecular weight excluding hydrogens is 234 g/mol. The molecule has 1 amide bonds. The first-order valence-corrected chi connectivity index (χ1v) is 5.87. The van der Waals surface area contributed by atoms with Crippen LogP contribution >= 0.6 is 0 Å². The Bertz CT molecular complexity index is 317. The first kappa shape index (κ1) is 16.5. The molecule has 18 heavy (non-hydrogen) atoms. The van der Waals surface area contributed by atoms with E-state index in [0.29, 0.717) is 12.8 Å². The van der Waals surface area contributed by atoms with Gasteiger partial charge < -0.3 is 14.8 Å². The molecule has 0 aromatic rings. The number of allylic oxidation sites excluding steroid dienone is 1. The number of esters is 1. The minimum atomic E-state index is -0.707. The van der Waals surface area contributed by atoms with Crippen LogP contribution in [0.1, 0.15) is 40.5 Å². The topological polar surface area (TPSA) is 64.6 Å². The van der Waals surface area contributed by atoms with E-state index in [1.165, 1.54) is 7.11 Å². The zero-order chi connectivity index (χ0) is 14.3. The second kappa shape index (κ2) is 7.03. The van der Waals surface area contributed by atoms with Crippen LogP contribution in [-0.4, -0.2) is 30.8 Å². The highest BCUT2D eigenvalue weighted by Crippen LogP contribution is 2.09. The van der Waals surface area contributed by atoms with Crippen LogP contribution in [0, 0.1) is 0 Å². The Morgan fingerprint density at radius 1 is 1.33 bits per heavy atom. The summed E-state index contributed by atoms with van der Waals surface area (Å²) in [5.41, 5.74) is 0.342. The van der Waals surface area contributed by atoms with Gasteiger partial charge in [-0.05, 0) is 40.5 Å². The normalized spacial score (nSPS) is 12.5. The Hall–Kier alpha value is -1.52. The fraction of sp³-hybridized carbons (Fsp3) is 0.692. The van der Waals surface area contributed by atoms with E-state index in [1.807, 2.05) is 6.92 Å². The van der Waals surface area contributed by atoms with Crippen molar-refractivity contribution >= 4 is 12.1 Å². The molecular formula is C13H23NO4. The summed E-state index contributed by atoms with van der Waals surface area (Å²) < 4.78 is 9.73. The van der Waals surface area contributed by atoms with E-state index in [9.17, 15) is 9.59 Å². The van der Waals surface area contributed by atoms with Gasteiger partial charge in [0.1, 0.15) is 11.6 Å². The van der Waals surface area contributed by atoms with Crippen molar-refractivity contribution in [3.8, 4) is 0 Å². The Morgan fingerprint density at radius 2 is 1.89 bits per heavy atom. The Balaban J connectivity index is 4.45. The number of hydrogen-bond acceptors (Lipinski definition) is 4. The van der Waals surface area contributed by atoms with E-state index in [2.05, 4.69) is 16.6 Å². The van der Waals surface area contributed by atoms with Gasteiger partial charge in [0.05, 0.1) is 7.11 Å². The maximum atomic E-state index is 11.6. The second-order valence-electron chi connectivity index (χ2n) is 5.22. The quantitative estimate of drug-likeness (QED) is 0.606. The SMILES string of the molecule is C=C(C)CC[C@H](NC(=O)OC(C)(C)C)C(=O)OC. The molecule has 0 radical (unpaired) electrons. The zero-order valence-electron chi connectivity index (χ0n) is 11.8. The fourth-order valence-electron chi connectivity index (χ4n) is 1.23. The number of methoxy groups -OCH3 is 1. The monoisotopic (exact) mass is 257 g/mol. The summed E-state index contributed by atoms with van der Waals surface area (Å²) in [7, 11) is 1.28. The van der Waals surface area contributed by atoms with Crippen LogP contribution in [0.15, 0.2) is 12.2 Å². The number of amides is 1. The van der Waals surface area contributed by atoms with Crippen LogP contribution in [0.4, 0.5) is 4.79 Å². The number of ether oxygens (including phenoxy) is 2. The van der Waals surface area contributed by atoms with Gasteiger partial charge in [-0.25, -0.2) is 9.59 Å². The molecule has 0 aromatic carbocycles. The van der Waals surface area contributed by atoms with Crippen molar-refractivity contribution in [1.82, 2.24) is 5.32 Å². The third-order valence-electron chi connectivity index (χ3n) is 2.04. The highest BCUT2D eigenvalue weighted by molar-refractivity contribution is 5.81. The molecule has 0 aliphatic rings. The Labute approximate surface area is 109 Å². The number of nitrogens with one attached hydrogen (secondary N) is 1. The van der Waals surface area contributed by atoms with Crippen LogP contribution in [0.3, 0.4) is 0 Å². The molecule has 1 atom stereocenters. The molecule has 0 unspecified atom stereocenters. The van der Waals surface area contributed by atoms with E-state index in [1.54, 1.807) is 20.8 Å². The number of rotatable bonds is 5. The molecule has 0 saturated carbocycles. The summed E-state index contributed by atoms with van der Waals surface area (Å²) in [5, 5.41) is 2.50. The number of carbonyl (C=O) groups is 2. The van der Waals surface area contributed by atoms with Gasteiger partial charge in [0.25, 0.3) is 0 Å². The van der Waals surface area contributed by atoms with Crippen molar-refractivity contribution in [1.29, 1.82) is 0 Å². The second-order valence-corrected chi connectivity index (χ2v) is 5.22. The maximum Gasteiger partial charge on any atom is 0.408 e. The number of alkyl carbamates (subject to hydrolysis) is 1. The van der Waals surface area contributed by atoms with Gasteiger partial charge in [-0.2, -0.15) is 0 Å². The van der Waals surface area contributed by atoms with Crippen molar-refractivity contribution in [2.45, 2.75) is 52.2 Å². The first-order chi connectivity index (χ1) is 8.15. The average Bonchev–Trinajstić information content (AvgIpc) is 2.20. The van der Waals surface area contributed by atoms with Gasteiger partial charge in [0.15, 0.2) is 0 Å². The lowest BCUT2D eigenvalue weighted by Crippen LogP contribution is -2.44. The largest absolute Gasteiger partial charge is 0.467 e. The summed E-state index contributed by atoms with van der Waals surface area (Å²) >= 11 is 0. The van der Waals surface area contributed by atoms with Crippen molar-refractivity contribution in [2.75, 3.05) is 7.11 Å². The number of hydrogen-bond donors (Lipinski definition) is 1. The van der Waals surface area contributed by atoms with Gasteiger partial charge in [-0.3, -0.25) is 0 Å². The minimum absolute atomic E-state index is 0.446. The summed E-state index contributed by atoms with van der Waals surface area (Å²) in [5.74, 6) is -0.484. The molecule has 104 valence electrons. The van der Waals surface area contributed by atoms with Crippen molar-refractivity contribution < 1.29 is 19.1 Å². The molecule has 0 aliphatic carbocycles. The molecule has 0 fully saturated rings. The van der Waals surface area contributed by atoms with Gasteiger partial charge in [0, 0.05) is 0 Å². The van der Waals surface area contributed by atoms with Crippen LogP contribution < -0.4 is 5.32 Å². The highest BCUT2D eigenvalue weighted by Gasteiger charge is 2.24. The van der Waals surface area contributed by atoms with Gasteiger partial charge in [-0.15, -0.1) is 6.58 Å². The molecule has 0 saturated heterocycles. The molecule has 0 bridgehead atoms. The van der Waals surface area contributed by atoms with Gasteiger partial charge in [-0.1, -0.05) is 5.57 Å². The lowest BCUT2D eigenvalue weighted by atomic mass is 10.1. The molecule has 5 heteroatoms. The number of carbonyl (C=O) groups excluding carboxylic acids is 2. The van der Waals surface area contributed by atoms with E-state index in [-0.39, 0.29) is 0 Å². The van der Waals surface area contributed by atoms with Crippen LogP contribution in [0.25, 0.3) is 0 Å². The standard InChI is InChI=1S/C13H23NO4/c1-9(2)7-8-10(11(15)17-6)14-12(16)18-13(3,4)5/h10H,1,7-8H2,2-6H3,(H,14,16)/t10-/m0/s1. The molecule has 0 heterocycles. The maximum absolute atomic E-state index is 11.6. The van der Waals surface area contributed by atoms with E-state index in [4.69, 9.17) is 4.74 Å². The summed E-state index contributed by atoms with van der Waals surface area (Å²) in [6.07, 6.45) is 0.455. The van der Waals surface area contributed by atoms with Crippen molar-refractivity contribution in [2.24, 2.45) is 0 Å². The van der Waals surface area contributed by atoms with E-state index < -0.39 is 23.7 Å². The average molecular weight is 257 g/mol. The van der Waals surface area contributed by atoms with Crippen LogP contribution in [-0.2, 0) is 14.3 Å². The molecule has 0 aliphatic heterocycles. The summed E-state index contributed by atoms with van der Waals surface area (Å²) in [6, 6.07) is -0.707. The highest BCUT2D eigenvalue weighted by atomic mass is 16.6. The summed E-state index contributed by atoms with van der Waals surface area (Å²) in [4.78, 5) is 23.1. The lowest BCUT2D eigenvalue weighted by molar-refractivity contribution is -0.143. The first-order valence-electron chi connectivity index (χ1n) is 5.87. The molecule has 0 aromatic heterocycles. The molecule has 1 N–H and O–H groups in total. The Morgan fingerprint density at radius 3 is 2.28 bits per heavy atom. The molecule has 5 nitrogen and oxygen atoms in total. The molecule has 0 spiro atoms. The van der Waals surface area contributed by atoms with E-state index in [0.717, 1.165) is 5.57 Å². The van der Waals surface area contributed by atoms with Crippen molar-refractivity contribution in [3.05, 3.63) is 12.2 Å². The smallest absolute Gasteiger partial charge is 0.408 e. The van der Waals surface area contributed by atoms with Gasteiger partial charge in [0.2, 0.25) is 0 Å². The van der Waals surface area contributed by atoms with Crippen molar-refractivity contribution in [3.63, 3.8) is 0 Å². The predicted molar refractivity (Wildman–Crippen MR) is 69.2 cm³/mol. The lowest BCUT2D eigenvalue weighted by Gasteiger charge is -2.22. The zero-order valence-corrected chi connectivity index (χ0v) is 11.8. The third-order valence-corrected chi connectivity index (χ3v) is 2.04. The third kappa shape index (κ3) is 7.70. The molecule has 0 rings (SSSR count). The Kier molecular flexibility index (Phi) is 6.44. The van der Waals surface area contributed by atoms with Gasteiger partial charge >= 0.3 is 12.1 Å². The van der Waals surface area contributed by atoms with E-state index >= 15 is 0 Å². The van der Waals surface area contributed by atoms with Crippen LogP contribution in [0.5, 0.6) is 0 Å². The fourth-order valence-corrected chi connectivity index (χ4v) is 1.23. The minimum Gasteiger partial charge on any atom is -0.467 e. The summed E-state index contributed by atoms with van der Waals surface area (Å²) in [6.45, 7) is 10.9.